The Kier molecular flexibility index (Phi) is 3.94. The van der Waals surface area contributed by atoms with Gasteiger partial charge < -0.3 is 5.73 Å². The van der Waals surface area contributed by atoms with Crippen LogP contribution in [0.25, 0.3) is 0 Å². The van der Waals surface area contributed by atoms with Crippen molar-refractivity contribution in [2.75, 3.05) is 13.1 Å². The summed E-state index contributed by atoms with van der Waals surface area (Å²) in [5.74, 6) is 0. The standard InChI is InChI=1S/C11H18N4O2S/c1-9-11(14-6-5-13-9)18(16,17)15-7-3-2-4-10(15)8-12/h5-6,10H,2-4,7-8,12H2,1H3/t10-/m0/s1. The van der Waals surface area contributed by atoms with Crippen molar-refractivity contribution in [1.29, 1.82) is 0 Å². The Bertz CT molecular complexity index is 518. The van der Waals surface area contributed by atoms with E-state index in [0.29, 0.717) is 18.8 Å². The Morgan fingerprint density at radius 3 is 2.78 bits per heavy atom. The van der Waals surface area contributed by atoms with Gasteiger partial charge in [0.05, 0.1) is 5.69 Å². The fourth-order valence-electron chi connectivity index (χ4n) is 2.29. The van der Waals surface area contributed by atoms with Crippen molar-refractivity contribution < 1.29 is 8.42 Å². The van der Waals surface area contributed by atoms with Gasteiger partial charge in [-0.3, -0.25) is 4.98 Å². The molecular formula is C11H18N4O2S. The summed E-state index contributed by atoms with van der Waals surface area (Å²) in [5.41, 5.74) is 6.09. The van der Waals surface area contributed by atoms with Crippen molar-refractivity contribution in [3.63, 3.8) is 0 Å². The van der Waals surface area contributed by atoms with E-state index in [2.05, 4.69) is 9.97 Å². The molecule has 7 heteroatoms. The van der Waals surface area contributed by atoms with Crippen molar-refractivity contribution in [2.45, 2.75) is 37.3 Å². The third kappa shape index (κ3) is 2.38. The summed E-state index contributed by atoms with van der Waals surface area (Å²) < 4.78 is 26.6. The summed E-state index contributed by atoms with van der Waals surface area (Å²) in [5, 5.41) is 0.0466. The molecule has 1 atom stereocenters. The molecule has 1 fully saturated rings. The van der Waals surface area contributed by atoms with Gasteiger partial charge in [0.25, 0.3) is 10.0 Å². The number of sulfonamides is 1. The molecule has 1 aromatic rings. The second-order valence-corrected chi connectivity index (χ2v) is 6.25. The van der Waals surface area contributed by atoms with Gasteiger partial charge in [0.1, 0.15) is 0 Å². The van der Waals surface area contributed by atoms with E-state index in [-0.39, 0.29) is 11.1 Å². The molecule has 2 heterocycles. The predicted molar refractivity (Wildman–Crippen MR) is 67.4 cm³/mol. The van der Waals surface area contributed by atoms with Gasteiger partial charge in [0.15, 0.2) is 5.03 Å². The number of piperidine rings is 1. The number of nitrogens with zero attached hydrogens (tertiary/aromatic N) is 3. The lowest BCUT2D eigenvalue weighted by Crippen LogP contribution is -2.47. The highest BCUT2D eigenvalue weighted by atomic mass is 32.2. The first-order chi connectivity index (χ1) is 8.57. The molecule has 1 aromatic heterocycles. The van der Waals surface area contributed by atoms with Gasteiger partial charge in [0.2, 0.25) is 0 Å². The van der Waals surface area contributed by atoms with E-state index in [1.165, 1.54) is 16.7 Å². The number of aromatic nitrogens is 2. The second kappa shape index (κ2) is 5.29. The zero-order valence-corrected chi connectivity index (χ0v) is 11.2. The third-order valence-electron chi connectivity index (χ3n) is 3.23. The molecule has 0 spiro atoms. The van der Waals surface area contributed by atoms with Gasteiger partial charge in [-0.2, -0.15) is 4.31 Å². The molecule has 0 bridgehead atoms. The molecule has 1 aliphatic rings. The summed E-state index contributed by atoms with van der Waals surface area (Å²) in [6.07, 6.45) is 5.60. The molecule has 2 N–H and O–H groups in total. The van der Waals surface area contributed by atoms with Crippen LogP contribution >= 0.6 is 0 Å². The van der Waals surface area contributed by atoms with E-state index >= 15 is 0 Å². The van der Waals surface area contributed by atoms with Crippen LogP contribution in [-0.4, -0.2) is 41.8 Å². The highest BCUT2D eigenvalue weighted by molar-refractivity contribution is 7.89. The first kappa shape index (κ1) is 13.4. The minimum absolute atomic E-state index is 0.0466. The molecular weight excluding hydrogens is 252 g/mol. The smallest absolute Gasteiger partial charge is 0.262 e. The largest absolute Gasteiger partial charge is 0.329 e. The molecule has 18 heavy (non-hydrogen) atoms. The first-order valence-electron chi connectivity index (χ1n) is 6.07. The minimum Gasteiger partial charge on any atom is -0.329 e. The summed E-state index contributed by atoms with van der Waals surface area (Å²) >= 11 is 0. The fraction of sp³-hybridized carbons (Fsp3) is 0.636. The van der Waals surface area contributed by atoms with E-state index in [1.807, 2.05) is 0 Å². The van der Waals surface area contributed by atoms with Crippen molar-refractivity contribution in [1.82, 2.24) is 14.3 Å². The minimum atomic E-state index is -3.57. The zero-order chi connectivity index (χ0) is 13.2. The van der Waals surface area contributed by atoms with Gasteiger partial charge in [-0.1, -0.05) is 6.42 Å². The zero-order valence-electron chi connectivity index (χ0n) is 10.4. The maximum Gasteiger partial charge on any atom is 0.262 e. The van der Waals surface area contributed by atoms with Crippen molar-refractivity contribution >= 4 is 10.0 Å². The van der Waals surface area contributed by atoms with Crippen LogP contribution in [0.15, 0.2) is 17.4 Å². The Labute approximate surface area is 107 Å². The molecule has 100 valence electrons. The average molecular weight is 270 g/mol. The molecule has 0 unspecified atom stereocenters. The molecule has 0 radical (unpaired) electrons. The quantitative estimate of drug-likeness (QED) is 0.852. The molecule has 6 nitrogen and oxygen atoms in total. The number of hydrogen-bond donors (Lipinski definition) is 1. The monoisotopic (exact) mass is 270 g/mol. The van der Waals surface area contributed by atoms with Crippen LogP contribution in [0.5, 0.6) is 0 Å². The molecule has 0 aliphatic carbocycles. The summed E-state index contributed by atoms with van der Waals surface area (Å²) in [6.45, 7) is 2.51. The van der Waals surface area contributed by atoms with Gasteiger partial charge in [-0.15, -0.1) is 0 Å². The Morgan fingerprint density at radius 1 is 1.39 bits per heavy atom. The predicted octanol–water partition coefficient (Wildman–Crippen LogP) is 0.287. The van der Waals surface area contributed by atoms with Gasteiger partial charge >= 0.3 is 0 Å². The van der Waals surface area contributed by atoms with Crippen LogP contribution in [0.2, 0.25) is 0 Å². The number of aryl methyl sites for hydroxylation is 1. The number of nitrogens with two attached hydrogens (primary N) is 1. The molecule has 2 rings (SSSR count). The van der Waals surface area contributed by atoms with Crippen LogP contribution in [0, 0.1) is 6.92 Å². The van der Waals surface area contributed by atoms with E-state index in [1.54, 1.807) is 6.92 Å². The average Bonchev–Trinajstić information content (AvgIpc) is 2.39. The lowest BCUT2D eigenvalue weighted by Gasteiger charge is -2.33. The lowest BCUT2D eigenvalue weighted by molar-refractivity contribution is 0.256. The number of rotatable bonds is 3. The summed E-state index contributed by atoms with van der Waals surface area (Å²) in [7, 11) is -3.57. The van der Waals surface area contributed by atoms with Gasteiger partial charge in [-0.05, 0) is 19.8 Å². The van der Waals surface area contributed by atoms with Crippen LogP contribution < -0.4 is 5.73 Å². The molecule has 0 amide bonds. The maximum atomic E-state index is 12.5. The SMILES string of the molecule is Cc1nccnc1S(=O)(=O)N1CCCC[C@H]1CN. The Hall–Kier alpha value is -1.05. The first-order valence-corrected chi connectivity index (χ1v) is 7.51. The third-order valence-corrected chi connectivity index (χ3v) is 5.22. The van der Waals surface area contributed by atoms with Crippen LogP contribution in [0.3, 0.4) is 0 Å². The van der Waals surface area contributed by atoms with Crippen LogP contribution in [0.4, 0.5) is 0 Å². The second-order valence-electron chi connectivity index (χ2n) is 4.45. The summed E-state index contributed by atoms with van der Waals surface area (Å²) in [6, 6.07) is -0.120. The fourth-order valence-corrected chi connectivity index (χ4v) is 4.08. The Balaban J connectivity index is 2.39. The van der Waals surface area contributed by atoms with E-state index in [4.69, 9.17) is 5.73 Å². The van der Waals surface area contributed by atoms with Crippen molar-refractivity contribution in [3.8, 4) is 0 Å². The van der Waals surface area contributed by atoms with Crippen molar-refractivity contribution in [3.05, 3.63) is 18.1 Å². The van der Waals surface area contributed by atoms with E-state index in [9.17, 15) is 8.42 Å². The molecule has 1 aliphatic heterocycles. The van der Waals surface area contributed by atoms with Crippen LogP contribution in [0.1, 0.15) is 25.0 Å². The molecule has 0 aromatic carbocycles. The van der Waals surface area contributed by atoms with Gasteiger partial charge in [0, 0.05) is 31.5 Å². The highest BCUT2D eigenvalue weighted by Crippen LogP contribution is 2.24. The Morgan fingerprint density at radius 2 is 2.11 bits per heavy atom. The molecule has 0 saturated carbocycles. The van der Waals surface area contributed by atoms with Gasteiger partial charge in [-0.25, -0.2) is 13.4 Å². The van der Waals surface area contributed by atoms with E-state index in [0.717, 1.165) is 19.3 Å². The van der Waals surface area contributed by atoms with Crippen molar-refractivity contribution in [2.24, 2.45) is 5.73 Å². The van der Waals surface area contributed by atoms with E-state index < -0.39 is 10.0 Å². The summed E-state index contributed by atoms with van der Waals surface area (Å²) in [4.78, 5) is 7.95. The van der Waals surface area contributed by atoms with Crippen LogP contribution in [-0.2, 0) is 10.0 Å². The maximum absolute atomic E-state index is 12.5. The molecule has 1 saturated heterocycles. The topological polar surface area (TPSA) is 89.2 Å². The highest BCUT2D eigenvalue weighted by Gasteiger charge is 2.34. The normalized spacial score (nSPS) is 22.0. The number of hydrogen-bond acceptors (Lipinski definition) is 5. The lowest BCUT2D eigenvalue weighted by atomic mass is 10.1.